The fourth-order valence-corrected chi connectivity index (χ4v) is 9.83. The molecule has 0 spiro atoms. The van der Waals surface area contributed by atoms with Crippen LogP contribution in [0, 0.1) is 0 Å². The number of nitrogens with zero attached hydrogens (tertiary/aromatic N) is 2. The van der Waals surface area contributed by atoms with Gasteiger partial charge in [-0.2, -0.15) is 0 Å². The second-order valence-electron chi connectivity index (χ2n) is 16.9. The molecule has 0 saturated heterocycles. The molecule has 11 aromatic carbocycles. The summed E-state index contributed by atoms with van der Waals surface area (Å²) in [6.07, 6.45) is 0. The van der Waals surface area contributed by atoms with Crippen LogP contribution >= 0.6 is 0 Å². The number of fused-ring (bicyclic) bond motifs is 4. The van der Waals surface area contributed by atoms with Crippen molar-refractivity contribution in [2.45, 2.75) is 0 Å². The van der Waals surface area contributed by atoms with Crippen LogP contribution in [0.5, 0.6) is 0 Å². The van der Waals surface area contributed by atoms with Gasteiger partial charge in [-0.3, -0.25) is 0 Å². The Kier molecular flexibility index (Phi) is 9.89. The number of rotatable bonds is 9. The van der Waals surface area contributed by atoms with Crippen LogP contribution in [0.3, 0.4) is 0 Å². The Bertz CT molecular complexity index is 3620. The third-order valence-corrected chi connectivity index (χ3v) is 13.0. The van der Waals surface area contributed by atoms with Crippen LogP contribution in [0.1, 0.15) is 0 Å². The van der Waals surface area contributed by atoms with Crippen LogP contribution in [-0.4, -0.2) is 4.57 Å². The lowest BCUT2D eigenvalue weighted by atomic mass is 9.93. The van der Waals surface area contributed by atoms with Gasteiger partial charge >= 0.3 is 0 Å². The average Bonchev–Trinajstić information content (AvgIpc) is 3.74. The van der Waals surface area contributed by atoms with Gasteiger partial charge in [-0.25, -0.2) is 0 Å². The molecule has 1 heterocycles. The van der Waals surface area contributed by atoms with Crippen molar-refractivity contribution in [2.24, 2.45) is 0 Å². The predicted molar refractivity (Wildman–Crippen MR) is 280 cm³/mol. The number of aromatic nitrogens is 1. The lowest BCUT2D eigenvalue weighted by molar-refractivity contribution is 1.18. The second-order valence-corrected chi connectivity index (χ2v) is 16.9. The van der Waals surface area contributed by atoms with E-state index in [1.54, 1.807) is 0 Å². The van der Waals surface area contributed by atoms with Gasteiger partial charge in [0.05, 0.1) is 22.4 Å². The molecule has 0 amide bonds. The van der Waals surface area contributed by atoms with Crippen LogP contribution < -0.4 is 4.90 Å². The number of benzene rings is 11. The number of hydrogen-bond acceptors (Lipinski definition) is 1. The summed E-state index contributed by atoms with van der Waals surface area (Å²) in [5.41, 5.74) is 18.8. The van der Waals surface area contributed by atoms with Gasteiger partial charge in [-0.05, 0) is 110 Å². The highest BCUT2D eigenvalue weighted by Crippen LogP contribution is 2.43. The fraction of sp³-hybridized carbons (Fsp3) is 0. The lowest BCUT2D eigenvalue weighted by Crippen LogP contribution is -2.11. The van der Waals surface area contributed by atoms with E-state index < -0.39 is 0 Å². The van der Waals surface area contributed by atoms with Crippen LogP contribution in [-0.2, 0) is 0 Å². The molecule has 0 atom stereocenters. The Morgan fingerprint density at radius 1 is 0.258 bits per heavy atom. The van der Waals surface area contributed by atoms with Gasteiger partial charge in [-0.15, -0.1) is 0 Å². The first-order valence-electron chi connectivity index (χ1n) is 22.7. The monoisotopic (exact) mass is 840 g/mol. The maximum Gasteiger partial charge on any atom is 0.0541 e. The smallest absolute Gasteiger partial charge is 0.0541 e. The SMILES string of the molecule is c1ccc(-c2ccccc2N(c2ccc(-c3ccc(-c4ccccc4-n4c5ccccc5c5ccccc54)cc3)cc2)c2ccc(-c3ccccc3-c3ccc4ccccc4c3)cc2)cc1. The fourth-order valence-electron chi connectivity index (χ4n) is 9.83. The molecule has 0 N–H and O–H groups in total. The van der Waals surface area contributed by atoms with Crippen molar-refractivity contribution in [3.05, 3.63) is 267 Å². The molecule has 0 aliphatic rings. The van der Waals surface area contributed by atoms with Crippen LogP contribution in [0.15, 0.2) is 267 Å². The highest BCUT2D eigenvalue weighted by atomic mass is 15.1. The van der Waals surface area contributed by atoms with Crippen LogP contribution in [0.2, 0.25) is 0 Å². The molecule has 12 rings (SSSR count). The van der Waals surface area contributed by atoms with Crippen molar-refractivity contribution >= 4 is 49.6 Å². The van der Waals surface area contributed by atoms with E-state index in [2.05, 4.69) is 276 Å². The topological polar surface area (TPSA) is 8.17 Å². The molecule has 12 aromatic rings. The van der Waals surface area contributed by atoms with Crippen molar-refractivity contribution in [2.75, 3.05) is 4.90 Å². The normalized spacial score (nSPS) is 11.3. The molecule has 0 radical (unpaired) electrons. The Morgan fingerprint density at radius 2 is 0.682 bits per heavy atom. The second kappa shape index (κ2) is 16.8. The summed E-state index contributed by atoms with van der Waals surface area (Å²) in [6.45, 7) is 0. The molecule has 1 aromatic heterocycles. The molecule has 0 unspecified atom stereocenters. The molecule has 2 nitrogen and oxygen atoms in total. The average molecular weight is 841 g/mol. The molecule has 310 valence electrons. The van der Waals surface area contributed by atoms with Crippen molar-refractivity contribution in [1.29, 1.82) is 0 Å². The highest BCUT2D eigenvalue weighted by molar-refractivity contribution is 6.09. The van der Waals surface area contributed by atoms with Crippen molar-refractivity contribution in [3.8, 4) is 61.3 Å². The summed E-state index contributed by atoms with van der Waals surface area (Å²) in [5.74, 6) is 0. The Balaban J connectivity index is 0.896. The first-order chi connectivity index (χ1) is 32.7. The summed E-state index contributed by atoms with van der Waals surface area (Å²) < 4.78 is 2.41. The zero-order valence-electron chi connectivity index (χ0n) is 36.3. The van der Waals surface area contributed by atoms with Gasteiger partial charge in [-0.1, -0.05) is 212 Å². The maximum absolute atomic E-state index is 2.41. The largest absolute Gasteiger partial charge is 0.310 e. The third kappa shape index (κ3) is 7.02. The van der Waals surface area contributed by atoms with Gasteiger partial charge in [0, 0.05) is 33.3 Å². The standard InChI is InChI=1S/C64H44N2/c1-2-17-48(18-3-1)57-22-8-12-26-61(57)65(54-42-38-49(39-43-54)55-20-6-7-21-56(55)52-35-32-45-16-4-5-19-51(45)44-52)53-40-36-47(37-41-53)46-30-33-50(34-31-46)58-23-9-13-27-62(58)66-63-28-14-10-24-59(63)60-25-11-15-29-64(60)66/h1-44H. The third-order valence-electron chi connectivity index (χ3n) is 13.0. The van der Waals surface area contributed by atoms with Crippen molar-refractivity contribution < 1.29 is 0 Å². The van der Waals surface area contributed by atoms with Gasteiger partial charge in [0.15, 0.2) is 0 Å². The van der Waals surface area contributed by atoms with Crippen molar-refractivity contribution in [1.82, 2.24) is 4.57 Å². The number of hydrogen-bond donors (Lipinski definition) is 0. The van der Waals surface area contributed by atoms with E-state index in [1.807, 2.05) is 0 Å². The minimum atomic E-state index is 1.09. The Labute approximate surface area is 385 Å². The molecule has 0 aliphatic heterocycles. The maximum atomic E-state index is 2.41. The first-order valence-corrected chi connectivity index (χ1v) is 22.7. The summed E-state index contributed by atoms with van der Waals surface area (Å²) in [7, 11) is 0. The molecule has 2 heteroatoms. The lowest BCUT2D eigenvalue weighted by Gasteiger charge is -2.28. The molecule has 0 saturated carbocycles. The van der Waals surface area contributed by atoms with E-state index in [9.17, 15) is 0 Å². The molecule has 0 bridgehead atoms. The van der Waals surface area contributed by atoms with E-state index >= 15 is 0 Å². The quantitative estimate of drug-likeness (QED) is 0.141. The molecule has 66 heavy (non-hydrogen) atoms. The van der Waals surface area contributed by atoms with Gasteiger partial charge in [0.2, 0.25) is 0 Å². The van der Waals surface area contributed by atoms with E-state index in [1.165, 1.54) is 88.3 Å². The minimum Gasteiger partial charge on any atom is -0.310 e. The van der Waals surface area contributed by atoms with Gasteiger partial charge in [0.25, 0.3) is 0 Å². The van der Waals surface area contributed by atoms with E-state index in [0.29, 0.717) is 0 Å². The summed E-state index contributed by atoms with van der Waals surface area (Å²) in [6, 6.07) is 96.8. The zero-order valence-corrected chi connectivity index (χ0v) is 36.3. The molecular weight excluding hydrogens is 797 g/mol. The molecule has 0 fully saturated rings. The summed E-state index contributed by atoms with van der Waals surface area (Å²) in [5, 5.41) is 5.02. The Morgan fingerprint density at radius 3 is 1.35 bits per heavy atom. The number of anilines is 3. The first kappa shape index (κ1) is 38.9. The highest BCUT2D eigenvalue weighted by Gasteiger charge is 2.19. The molecular formula is C64H44N2. The van der Waals surface area contributed by atoms with E-state index in [4.69, 9.17) is 0 Å². The summed E-state index contributed by atoms with van der Waals surface area (Å²) in [4.78, 5) is 2.39. The van der Waals surface area contributed by atoms with Gasteiger partial charge < -0.3 is 9.47 Å². The van der Waals surface area contributed by atoms with E-state index in [-0.39, 0.29) is 0 Å². The van der Waals surface area contributed by atoms with Gasteiger partial charge in [0.1, 0.15) is 0 Å². The molecule has 0 aliphatic carbocycles. The van der Waals surface area contributed by atoms with Crippen LogP contribution in [0.4, 0.5) is 17.1 Å². The van der Waals surface area contributed by atoms with Crippen LogP contribution in [0.25, 0.3) is 93.9 Å². The Hall–Kier alpha value is -8.72. The number of para-hydroxylation sites is 4. The zero-order chi connectivity index (χ0) is 43.8. The van der Waals surface area contributed by atoms with Crippen molar-refractivity contribution in [3.63, 3.8) is 0 Å². The van der Waals surface area contributed by atoms with E-state index in [0.717, 1.165) is 22.6 Å². The summed E-state index contributed by atoms with van der Waals surface area (Å²) >= 11 is 0. The predicted octanol–water partition coefficient (Wildman–Crippen LogP) is 17.7. The minimum absolute atomic E-state index is 1.09.